The van der Waals surface area contributed by atoms with E-state index < -0.39 is 0 Å². The van der Waals surface area contributed by atoms with Crippen molar-refractivity contribution >= 4 is 16.6 Å². The number of hydrogen-bond acceptors (Lipinski definition) is 5. The third-order valence-electron chi connectivity index (χ3n) is 6.38. The van der Waals surface area contributed by atoms with Crippen molar-refractivity contribution < 1.29 is 13.9 Å². The molecule has 0 saturated carbocycles. The molecule has 0 amide bonds. The minimum atomic E-state index is -0.375. The van der Waals surface area contributed by atoms with Crippen LogP contribution in [-0.4, -0.2) is 37.4 Å². The zero-order chi connectivity index (χ0) is 24.5. The Kier molecular flexibility index (Phi) is 6.10. The van der Waals surface area contributed by atoms with E-state index in [1.54, 1.807) is 37.6 Å². The van der Waals surface area contributed by atoms with Crippen LogP contribution in [0.3, 0.4) is 0 Å². The van der Waals surface area contributed by atoms with Gasteiger partial charge in [-0.15, -0.1) is 0 Å². The summed E-state index contributed by atoms with van der Waals surface area (Å²) < 4.78 is 26.4. The zero-order valence-corrected chi connectivity index (χ0v) is 20.0. The fourth-order valence-electron chi connectivity index (χ4n) is 4.85. The van der Waals surface area contributed by atoms with Gasteiger partial charge in [-0.05, 0) is 61.4 Å². The maximum Gasteiger partial charge on any atom is 0.137 e. The van der Waals surface area contributed by atoms with Gasteiger partial charge in [-0.1, -0.05) is 24.3 Å². The molecule has 35 heavy (non-hydrogen) atoms. The van der Waals surface area contributed by atoms with E-state index in [9.17, 15) is 4.39 Å². The number of aromatic nitrogens is 1. The molecule has 176 valence electrons. The van der Waals surface area contributed by atoms with Gasteiger partial charge < -0.3 is 14.4 Å². The number of pyridine rings is 1. The summed E-state index contributed by atoms with van der Waals surface area (Å²) in [5.74, 6) is 0.200. The number of nitriles is 1. The van der Waals surface area contributed by atoms with Gasteiger partial charge in [0.15, 0.2) is 0 Å². The average Bonchev–Trinajstić information content (AvgIpc) is 2.87. The van der Waals surface area contributed by atoms with Gasteiger partial charge in [0.05, 0.1) is 36.5 Å². The average molecular weight is 468 g/mol. The molecule has 1 aromatic heterocycles. The molecular formula is C29H26FN3O2. The lowest BCUT2D eigenvalue weighted by atomic mass is 9.97. The highest BCUT2D eigenvalue weighted by atomic mass is 19.1. The fraction of sp³-hybridized carbons (Fsp3) is 0.241. The van der Waals surface area contributed by atoms with Crippen LogP contribution in [0.5, 0.6) is 5.75 Å². The summed E-state index contributed by atoms with van der Waals surface area (Å²) in [6.07, 6.45) is 2.15. The van der Waals surface area contributed by atoms with Crippen LogP contribution in [0.15, 0.2) is 66.9 Å². The van der Waals surface area contributed by atoms with Crippen LogP contribution in [-0.2, 0) is 4.74 Å². The number of anilines is 1. The lowest BCUT2D eigenvalue weighted by Crippen LogP contribution is -2.45. The summed E-state index contributed by atoms with van der Waals surface area (Å²) in [4.78, 5) is 7.05. The fourth-order valence-corrected chi connectivity index (χ4v) is 4.85. The van der Waals surface area contributed by atoms with Crippen molar-refractivity contribution in [3.8, 4) is 34.1 Å². The van der Waals surface area contributed by atoms with E-state index in [4.69, 9.17) is 19.7 Å². The maximum absolute atomic E-state index is 14.7. The molecule has 0 N–H and O–H groups in total. The summed E-state index contributed by atoms with van der Waals surface area (Å²) in [6, 6.07) is 20.4. The molecule has 5 nitrogen and oxygen atoms in total. The van der Waals surface area contributed by atoms with Crippen molar-refractivity contribution in [2.45, 2.75) is 26.1 Å². The molecule has 2 heterocycles. The number of methoxy groups -OCH3 is 1. The molecule has 1 saturated heterocycles. The minimum Gasteiger partial charge on any atom is -0.495 e. The van der Waals surface area contributed by atoms with Crippen molar-refractivity contribution in [2.24, 2.45) is 0 Å². The highest BCUT2D eigenvalue weighted by molar-refractivity contribution is 6.00. The SMILES string of the molecule is COc1c(-c2ccc(N3CC(C)OC(C)C3)cc2)cnc2c(-c3ccc(C#N)cc3)cc(F)cc12. The molecule has 1 fully saturated rings. The Balaban J connectivity index is 1.56. The second-order valence-electron chi connectivity index (χ2n) is 8.95. The summed E-state index contributed by atoms with van der Waals surface area (Å²) >= 11 is 0. The van der Waals surface area contributed by atoms with Crippen LogP contribution in [0, 0.1) is 17.1 Å². The van der Waals surface area contributed by atoms with Crippen molar-refractivity contribution in [2.75, 3.05) is 25.1 Å². The van der Waals surface area contributed by atoms with Crippen molar-refractivity contribution in [1.82, 2.24) is 4.98 Å². The molecule has 4 aromatic rings. The number of benzene rings is 3. The number of fused-ring (bicyclic) bond motifs is 1. The monoisotopic (exact) mass is 467 g/mol. The van der Waals surface area contributed by atoms with Gasteiger partial charge in [0.25, 0.3) is 0 Å². The van der Waals surface area contributed by atoms with E-state index in [0.29, 0.717) is 27.8 Å². The predicted octanol–water partition coefficient (Wildman–Crippen LogP) is 6.20. The van der Waals surface area contributed by atoms with Crippen molar-refractivity contribution in [3.05, 3.63) is 78.2 Å². The van der Waals surface area contributed by atoms with Gasteiger partial charge in [0, 0.05) is 41.5 Å². The van der Waals surface area contributed by atoms with Crippen LogP contribution in [0.25, 0.3) is 33.2 Å². The topological polar surface area (TPSA) is 58.4 Å². The van der Waals surface area contributed by atoms with Gasteiger partial charge >= 0.3 is 0 Å². The van der Waals surface area contributed by atoms with E-state index in [2.05, 4.69) is 36.9 Å². The summed E-state index contributed by atoms with van der Waals surface area (Å²) in [5, 5.41) is 9.69. The molecule has 2 atom stereocenters. The lowest BCUT2D eigenvalue weighted by Gasteiger charge is -2.36. The quantitative estimate of drug-likeness (QED) is 0.358. The number of morpholine rings is 1. The molecule has 2 unspecified atom stereocenters. The molecular weight excluding hydrogens is 441 g/mol. The van der Waals surface area contributed by atoms with Gasteiger partial charge in [0.1, 0.15) is 11.6 Å². The predicted molar refractivity (Wildman–Crippen MR) is 136 cm³/mol. The number of ether oxygens (including phenoxy) is 2. The Labute approximate surface area is 204 Å². The normalized spacial score (nSPS) is 17.9. The second kappa shape index (κ2) is 9.36. The molecule has 0 aliphatic carbocycles. The first kappa shape index (κ1) is 22.8. The molecule has 0 radical (unpaired) electrons. The Morgan fingerprint density at radius 3 is 2.23 bits per heavy atom. The summed E-state index contributed by atoms with van der Waals surface area (Å²) in [6.45, 7) is 5.88. The van der Waals surface area contributed by atoms with Gasteiger partial charge in [-0.2, -0.15) is 5.26 Å². The van der Waals surface area contributed by atoms with Gasteiger partial charge in [0.2, 0.25) is 0 Å². The maximum atomic E-state index is 14.7. The summed E-state index contributed by atoms with van der Waals surface area (Å²) in [5.41, 5.74) is 5.51. The largest absolute Gasteiger partial charge is 0.495 e. The zero-order valence-electron chi connectivity index (χ0n) is 20.0. The van der Waals surface area contributed by atoms with Crippen LogP contribution in [0.4, 0.5) is 10.1 Å². The van der Waals surface area contributed by atoms with E-state index in [1.807, 2.05) is 12.1 Å². The number of rotatable bonds is 4. The molecule has 0 bridgehead atoms. The first-order valence-corrected chi connectivity index (χ1v) is 11.6. The molecule has 1 aliphatic rings. The Bertz CT molecular complexity index is 1400. The Morgan fingerprint density at radius 1 is 0.971 bits per heavy atom. The molecule has 6 heteroatoms. The third-order valence-corrected chi connectivity index (χ3v) is 6.38. The lowest BCUT2D eigenvalue weighted by molar-refractivity contribution is -0.00521. The van der Waals surface area contributed by atoms with Gasteiger partial charge in [-0.3, -0.25) is 4.98 Å². The number of halogens is 1. The highest BCUT2D eigenvalue weighted by Gasteiger charge is 2.23. The molecule has 5 rings (SSSR count). The number of hydrogen-bond donors (Lipinski definition) is 0. The number of nitrogens with zero attached hydrogens (tertiary/aromatic N) is 3. The molecule has 0 spiro atoms. The van der Waals surface area contributed by atoms with E-state index >= 15 is 0 Å². The first-order chi connectivity index (χ1) is 17.0. The van der Waals surface area contributed by atoms with Crippen molar-refractivity contribution in [3.63, 3.8) is 0 Å². The minimum absolute atomic E-state index is 0.184. The Morgan fingerprint density at radius 2 is 1.60 bits per heavy atom. The molecule has 3 aromatic carbocycles. The molecule has 1 aliphatic heterocycles. The smallest absolute Gasteiger partial charge is 0.137 e. The second-order valence-corrected chi connectivity index (χ2v) is 8.95. The van der Waals surface area contributed by atoms with E-state index in [-0.39, 0.29) is 18.0 Å². The van der Waals surface area contributed by atoms with Crippen LogP contribution in [0.1, 0.15) is 19.4 Å². The Hall–Kier alpha value is -3.95. The third kappa shape index (κ3) is 4.43. The van der Waals surface area contributed by atoms with Crippen LogP contribution < -0.4 is 9.64 Å². The first-order valence-electron chi connectivity index (χ1n) is 11.6. The highest BCUT2D eigenvalue weighted by Crippen LogP contribution is 2.40. The van der Waals surface area contributed by atoms with Gasteiger partial charge in [-0.25, -0.2) is 4.39 Å². The van der Waals surface area contributed by atoms with E-state index in [0.717, 1.165) is 35.5 Å². The van der Waals surface area contributed by atoms with Crippen LogP contribution >= 0.6 is 0 Å². The van der Waals surface area contributed by atoms with Crippen LogP contribution in [0.2, 0.25) is 0 Å². The van der Waals surface area contributed by atoms with E-state index in [1.165, 1.54) is 12.1 Å². The summed E-state index contributed by atoms with van der Waals surface area (Å²) in [7, 11) is 1.59. The standard InChI is InChI=1S/C29H26FN3O2/c1-18-16-33(17-19(2)35-18)24-10-8-22(9-11-24)27-15-32-28-25(21-6-4-20(14-31)5-7-21)12-23(30)13-26(28)29(27)34-3/h4-13,15,18-19H,16-17H2,1-3H3. The van der Waals surface area contributed by atoms with Crippen molar-refractivity contribution in [1.29, 1.82) is 5.26 Å².